The van der Waals surface area contributed by atoms with Gasteiger partial charge in [0.15, 0.2) is 0 Å². The molecule has 0 fully saturated rings. The second-order valence-corrected chi connectivity index (χ2v) is 1.37. The summed E-state index contributed by atoms with van der Waals surface area (Å²) in [4.78, 5) is 0. The maximum absolute atomic E-state index is 11.7. The van der Waals surface area contributed by atoms with Gasteiger partial charge in [0, 0.05) is 6.42 Å². The highest BCUT2D eigenvalue weighted by molar-refractivity contribution is 4.44. The lowest BCUT2D eigenvalue weighted by molar-refractivity contribution is -0.319. The van der Waals surface area contributed by atoms with Gasteiger partial charge in [0.25, 0.3) is 0 Å². The SMILES string of the molecule is CCC(F)(F)OC(F)F. The van der Waals surface area contributed by atoms with Crippen molar-refractivity contribution in [3.05, 3.63) is 0 Å². The lowest BCUT2D eigenvalue weighted by atomic mass is 10.5. The van der Waals surface area contributed by atoms with Gasteiger partial charge in [-0.2, -0.15) is 17.6 Å². The molecule has 0 saturated carbocycles. The summed E-state index contributed by atoms with van der Waals surface area (Å²) in [5.41, 5.74) is 0. The molecule has 0 spiro atoms. The van der Waals surface area contributed by atoms with Gasteiger partial charge in [0.1, 0.15) is 0 Å². The standard InChI is InChI=1S/C4H6F4O/c1-2-4(7,8)9-3(5)6/h3H,2H2,1H3. The van der Waals surface area contributed by atoms with E-state index in [2.05, 4.69) is 4.74 Å². The fraction of sp³-hybridized carbons (Fsp3) is 1.00. The molecule has 1 nitrogen and oxygen atoms in total. The van der Waals surface area contributed by atoms with Gasteiger partial charge in [-0.25, -0.2) is 0 Å². The normalized spacial score (nSPS) is 12.7. The Balaban J connectivity index is 3.58. The van der Waals surface area contributed by atoms with Crippen molar-refractivity contribution < 1.29 is 22.3 Å². The van der Waals surface area contributed by atoms with Gasteiger partial charge in [-0.15, -0.1) is 0 Å². The third kappa shape index (κ3) is 4.20. The van der Waals surface area contributed by atoms with Gasteiger partial charge in [-0.1, -0.05) is 6.92 Å². The molecule has 0 amide bonds. The van der Waals surface area contributed by atoms with Crippen molar-refractivity contribution >= 4 is 0 Å². The van der Waals surface area contributed by atoms with Gasteiger partial charge in [0.2, 0.25) is 0 Å². The molecule has 0 N–H and O–H groups in total. The highest BCUT2D eigenvalue weighted by Crippen LogP contribution is 2.21. The van der Waals surface area contributed by atoms with E-state index >= 15 is 0 Å². The first-order chi connectivity index (χ1) is 3.98. The zero-order valence-electron chi connectivity index (χ0n) is 4.70. The number of rotatable bonds is 3. The van der Waals surface area contributed by atoms with E-state index in [1.165, 1.54) is 0 Å². The van der Waals surface area contributed by atoms with E-state index in [9.17, 15) is 17.6 Å². The number of ether oxygens (including phenoxy) is 1. The Hall–Kier alpha value is -0.320. The van der Waals surface area contributed by atoms with Gasteiger partial charge < -0.3 is 0 Å². The van der Waals surface area contributed by atoms with Gasteiger partial charge >= 0.3 is 12.7 Å². The Morgan fingerprint density at radius 3 is 2.00 bits per heavy atom. The molecule has 56 valence electrons. The van der Waals surface area contributed by atoms with Crippen LogP contribution in [0.5, 0.6) is 0 Å². The first-order valence-corrected chi connectivity index (χ1v) is 2.31. The van der Waals surface area contributed by atoms with Crippen LogP contribution >= 0.6 is 0 Å². The molecule has 9 heavy (non-hydrogen) atoms. The van der Waals surface area contributed by atoms with E-state index < -0.39 is 19.1 Å². The molecular formula is C4H6F4O. The lowest BCUT2D eigenvalue weighted by Crippen LogP contribution is -2.22. The molecule has 0 saturated heterocycles. The van der Waals surface area contributed by atoms with Gasteiger partial charge in [-0.3, -0.25) is 4.74 Å². The number of hydrogen-bond acceptors (Lipinski definition) is 1. The van der Waals surface area contributed by atoms with Crippen molar-refractivity contribution in [2.24, 2.45) is 0 Å². The van der Waals surface area contributed by atoms with E-state index in [0.717, 1.165) is 6.92 Å². The van der Waals surface area contributed by atoms with Crippen LogP contribution < -0.4 is 0 Å². The molecule has 0 aromatic carbocycles. The van der Waals surface area contributed by atoms with Crippen molar-refractivity contribution in [3.63, 3.8) is 0 Å². The number of alkyl halides is 4. The fourth-order valence-electron chi connectivity index (χ4n) is 0.214. The average Bonchev–Trinajstić information content (AvgIpc) is 1.63. The van der Waals surface area contributed by atoms with Crippen molar-refractivity contribution in [1.82, 2.24) is 0 Å². The highest BCUT2D eigenvalue weighted by atomic mass is 19.3. The van der Waals surface area contributed by atoms with E-state index in [1.54, 1.807) is 0 Å². The highest BCUT2D eigenvalue weighted by Gasteiger charge is 2.31. The van der Waals surface area contributed by atoms with Crippen LogP contribution in [0.15, 0.2) is 0 Å². The predicted octanol–water partition coefficient (Wildman–Crippen LogP) is 2.23. The average molecular weight is 146 g/mol. The second-order valence-electron chi connectivity index (χ2n) is 1.37. The Morgan fingerprint density at radius 1 is 1.44 bits per heavy atom. The molecule has 0 aliphatic heterocycles. The van der Waals surface area contributed by atoms with Crippen LogP contribution in [0.3, 0.4) is 0 Å². The fourth-order valence-corrected chi connectivity index (χ4v) is 0.214. The quantitative estimate of drug-likeness (QED) is 0.554. The van der Waals surface area contributed by atoms with Crippen LogP contribution in [-0.4, -0.2) is 12.7 Å². The first kappa shape index (κ1) is 8.68. The molecule has 0 unspecified atom stereocenters. The molecule has 0 aliphatic rings. The second kappa shape index (κ2) is 3.00. The monoisotopic (exact) mass is 146 g/mol. The van der Waals surface area contributed by atoms with E-state index in [4.69, 9.17) is 0 Å². The smallest absolute Gasteiger partial charge is 0.258 e. The van der Waals surface area contributed by atoms with Crippen LogP contribution in [0.1, 0.15) is 13.3 Å². The molecule has 0 bridgehead atoms. The van der Waals surface area contributed by atoms with Crippen LogP contribution in [0.2, 0.25) is 0 Å². The molecular weight excluding hydrogens is 140 g/mol. The van der Waals surface area contributed by atoms with E-state index in [1.807, 2.05) is 0 Å². The first-order valence-electron chi connectivity index (χ1n) is 2.31. The Morgan fingerprint density at radius 2 is 1.89 bits per heavy atom. The molecule has 0 rings (SSSR count). The summed E-state index contributed by atoms with van der Waals surface area (Å²) >= 11 is 0. The minimum Gasteiger partial charge on any atom is -0.258 e. The minimum atomic E-state index is -3.69. The molecule has 0 aromatic heterocycles. The summed E-state index contributed by atoms with van der Waals surface area (Å²) in [6.07, 6.45) is -4.43. The zero-order chi connectivity index (χ0) is 7.49. The summed E-state index contributed by atoms with van der Waals surface area (Å²) in [7, 11) is 0. The maximum atomic E-state index is 11.7. The van der Waals surface area contributed by atoms with Crippen molar-refractivity contribution in [1.29, 1.82) is 0 Å². The Kier molecular flexibility index (Phi) is 2.90. The van der Waals surface area contributed by atoms with Crippen molar-refractivity contribution in [3.8, 4) is 0 Å². The van der Waals surface area contributed by atoms with Crippen LogP contribution in [0.25, 0.3) is 0 Å². The minimum absolute atomic E-state index is 0.739. The summed E-state index contributed by atoms with van der Waals surface area (Å²) in [5, 5.41) is 0. The van der Waals surface area contributed by atoms with Crippen molar-refractivity contribution in [2.45, 2.75) is 26.1 Å². The maximum Gasteiger partial charge on any atom is 0.359 e. The van der Waals surface area contributed by atoms with Gasteiger partial charge in [-0.05, 0) is 0 Å². The summed E-state index contributed by atoms with van der Waals surface area (Å²) in [6, 6.07) is 0. The van der Waals surface area contributed by atoms with E-state index in [0.29, 0.717) is 0 Å². The van der Waals surface area contributed by atoms with E-state index in [-0.39, 0.29) is 0 Å². The Bertz CT molecular complexity index is 82.6. The molecule has 5 heteroatoms. The number of hydrogen-bond donors (Lipinski definition) is 0. The molecule has 0 aliphatic carbocycles. The number of halogens is 4. The lowest BCUT2D eigenvalue weighted by Gasteiger charge is -2.12. The third-order valence-corrected chi connectivity index (χ3v) is 0.673. The van der Waals surface area contributed by atoms with Crippen LogP contribution in [0, 0.1) is 0 Å². The zero-order valence-corrected chi connectivity index (χ0v) is 4.70. The molecule has 0 heterocycles. The topological polar surface area (TPSA) is 9.23 Å². The largest absolute Gasteiger partial charge is 0.359 e. The summed E-state index contributed by atoms with van der Waals surface area (Å²) in [6.45, 7) is -2.34. The molecule has 0 radical (unpaired) electrons. The molecule has 0 atom stereocenters. The van der Waals surface area contributed by atoms with Crippen LogP contribution in [-0.2, 0) is 4.74 Å². The summed E-state index contributed by atoms with van der Waals surface area (Å²) < 4.78 is 48.4. The Labute approximate surface area is 49.6 Å². The van der Waals surface area contributed by atoms with Crippen molar-refractivity contribution in [2.75, 3.05) is 0 Å². The predicted molar refractivity (Wildman–Crippen MR) is 22.3 cm³/mol. The van der Waals surface area contributed by atoms with Gasteiger partial charge in [0.05, 0.1) is 0 Å². The molecule has 0 aromatic rings. The summed E-state index contributed by atoms with van der Waals surface area (Å²) in [5.74, 6) is 0. The van der Waals surface area contributed by atoms with Crippen LogP contribution in [0.4, 0.5) is 17.6 Å². The third-order valence-electron chi connectivity index (χ3n) is 0.673.